The normalized spacial score (nSPS) is 23.8. The quantitative estimate of drug-likeness (QED) is 0.825. The molecule has 0 aromatic heterocycles. The maximum Gasteiger partial charge on any atom is 0.314 e. The Hall–Kier alpha value is -1.31. The summed E-state index contributed by atoms with van der Waals surface area (Å²) in [6, 6.07) is 7.92. The molecule has 84 valence electrons. The third kappa shape index (κ3) is 1.16. The van der Waals surface area contributed by atoms with E-state index in [-0.39, 0.29) is 0 Å². The van der Waals surface area contributed by atoms with Crippen LogP contribution in [0.25, 0.3) is 0 Å². The number of carboxylic acid groups (broad SMARTS) is 1. The van der Waals surface area contributed by atoms with Crippen LogP contribution < -0.4 is 0 Å². The van der Waals surface area contributed by atoms with Gasteiger partial charge in [0.05, 0.1) is 5.41 Å². The minimum Gasteiger partial charge on any atom is -0.481 e. The van der Waals surface area contributed by atoms with Gasteiger partial charge in [0.2, 0.25) is 0 Å². The predicted octanol–water partition coefficient (Wildman–Crippen LogP) is 2.89. The minimum atomic E-state index is -0.640. The molecule has 2 nitrogen and oxygen atoms in total. The third-order valence-electron chi connectivity index (χ3n) is 4.38. The molecule has 2 saturated carbocycles. The summed E-state index contributed by atoms with van der Waals surface area (Å²) in [5.41, 5.74) is 1.96. The minimum absolute atomic E-state index is 0.403. The molecule has 0 bridgehead atoms. The van der Waals surface area contributed by atoms with Gasteiger partial charge in [-0.2, -0.15) is 0 Å². The molecular formula is C14H16O2. The first-order valence-corrected chi connectivity index (χ1v) is 5.88. The molecule has 1 aromatic rings. The van der Waals surface area contributed by atoms with Crippen LogP contribution in [0.2, 0.25) is 0 Å². The largest absolute Gasteiger partial charge is 0.481 e. The van der Waals surface area contributed by atoms with Crippen molar-refractivity contribution in [3.05, 3.63) is 35.4 Å². The van der Waals surface area contributed by atoms with Gasteiger partial charge in [0.25, 0.3) is 0 Å². The van der Waals surface area contributed by atoms with E-state index in [4.69, 9.17) is 0 Å². The van der Waals surface area contributed by atoms with Crippen molar-refractivity contribution in [3.8, 4) is 0 Å². The summed E-state index contributed by atoms with van der Waals surface area (Å²) >= 11 is 0. The molecule has 0 atom stereocenters. The smallest absolute Gasteiger partial charge is 0.314 e. The Bertz CT molecular complexity index is 450. The van der Waals surface area contributed by atoms with Crippen LogP contribution in [0.1, 0.15) is 36.8 Å². The summed E-state index contributed by atoms with van der Waals surface area (Å²) in [5, 5.41) is 9.52. The fraction of sp³-hybridized carbons (Fsp3) is 0.500. The molecule has 2 aliphatic carbocycles. The molecule has 16 heavy (non-hydrogen) atoms. The Labute approximate surface area is 95.3 Å². The first-order valence-electron chi connectivity index (χ1n) is 5.88. The van der Waals surface area contributed by atoms with Crippen molar-refractivity contribution >= 4 is 5.97 Å². The van der Waals surface area contributed by atoms with E-state index in [1.807, 2.05) is 31.2 Å². The van der Waals surface area contributed by atoms with Crippen molar-refractivity contribution in [2.24, 2.45) is 5.41 Å². The second-order valence-corrected chi connectivity index (χ2v) is 5.56. The molecule has 0 amide bonds. The van der Waals surface area contributed by atoms with Crippen molar-refractivity contribution in [1.29, 1.82) is 0 Å². The topological polar surface area (TPSA) is 37.3 Å². The zero-order chi connectivity index (χ0) is 11.4. The summed E-state index contributed by atoms with van der Waals surface area (Å²) in [5.74, 6) is -0.640. The van der Waals surface area contributed by atoms with Crippen LogP contribution in [0.15, 0.2) is 24.3 Å². The molecule has 0 heterocycles. The van der Waals surface area contributed by atoms with E-state index in [9.17, 15) is 9.90 Å². The van der Waals surface area contributed by atoms with Crippen molar-refractivity contribution in [2.45, 2.75) is 38.0 Å². The van der Waals surface area contributed by atoms with Gasteiger partial charge in [0, 0.05) is 0 Å². The molecule has 1 aromatic carbocycles. The molecule has 0 radical (unpaired) electrons. The van der Waals surface area contributed by atoms with E-state index in [2.05, 4.69) is 0 Å². The number of carbonyl (C=O) groups is 1. The monoisotopic (exact) mass is 216 g/mol. The number of hydrogen-bond donors (Lipinski definition) is 1. The molecule has 2 heteroatoms. The van der Waals surface area contributed by atoms with Crippen LogP contribution in [-0.4, -0.2) is 11.1 Å². The van der Waals surface area contributed by atoms with Gasteiger partial charge in [-0.3, -0.25) is 4.79 Å². The van der Waals surface area contributed by atoms with E-state index in [0.29, 0.717) is 5.41 Å². The Morgan fingerprint density at radius 3 is 2.38 bits per heavy atom. The molecular weight excluding hydrogens is 200 g/mol. The zero-order valence-electron chi connectivity index (χ0n) is 9.49. The van der Waals surface area contributed by atoms with Crippen molar-refractivity contribution in [2.75, 3.05) is 0 Å². The Morgan fingerprint density at radius 1 is 1.25 bits per heavy atom. The number of rotatable bonds is 2. The van der Waals surface area contributed by atoms with Crippen LogP contribution >= 0.6 is 0 Å². The molecule has 3 rings (SSSR count). The fourth-order valence-corrected chi connectivity index (χ4v) is 3.33. The van der Waals surface area contributed by atoms with E-state index >= 15 is 0 Å². The fourth-order valence-electron chi connectivity index (χ4n) is 3.33. The summed E-state index contributed by atoms with van der Waals surface area (Å²) in [6.45, 7) is 2.01. The van der Waals surface area contributed by atoms with Crippen LogP contribution in [0.3, 0.4) is 0 Å². The van der Waals surface area contributed by atoms with Gasteiger partial charge >= 0.3 is 5.97 Å². The highest BCUT2D eigenvalue weighted by molar-refractivity contribution is 5.84. The first-order chi connectivity index (χ1) is 7.58. The summed E-state index contributed by atoms with van der Waals surface area (Å²) in [4.78, 5) is 11.6. The lowest BCUT2D eigenvalue weighted by atomic mass is 9.56. The maximum atomic E-state index is 11.6. The Morgan fingerprint density at radius 2 is 1.88 bits per heavy atom. The molecule has 0 saturated heterocycles. The average molecular weight is 216 g/mol. The van der Waals surface area contributed by atoms with E-state index in [1.54, 1.807) is 0 Å². The second-order valence-electron chi connectivity index (χ2n) is 5.56. The number of aryl methyl sites for hydroxylation is 1. The van der Waals surface area contributed by atoms with Crippen LogP contribution in [0.5, 0.6) is 0 Å². The van der Waals surface area contributed by atoms with Crippen molar-refractivity contribution < 1.29 is 9.90 Å². The molecule has 2 fully saturated rings. The lowest BCUT2D eigenvalue weighted by Gasteiger charge is -2.46. The van der Waals surface area contributed by atoms with E-state index in [1.165, 1.54) is 12.8 Å². The van der Waals surface area contributed by atoms with Crippen LogP contribution in [0, 0.1) is 12.3 Å². The van der Waals surface area contributed by atoms with Gasteiger partial charge in [-0.05, 0) is 49.1 Å². The summed E-state index contributed by atoms with van der Waals surface area (Å²) in [6.07, 6.45) is 4.15. The lowest BCUT2D eigenvalue weighted by Crippen LogP contribution is -2.49. The number of aliphatic carboxylic acids is 1. The van der Waals surface area contributed by atoms with Gasteiger partial charge in [0.1, 0.15) is 0 Å². The SMILES string of the molecule is Cc1ccccc1C1(C(=O)O)CC2(CC2)C1. The van der Waals surface area contributed by atoms with Crippen molar-refractivity contribution in [1.82, 2.24) is 0 Å². The Balaban J connectivity index is 2.02. The molecule has 1 N–H and O–H groups in total. The standard InChI is InChI=1S/C14H16O2/c1-10-4-2-3-5-11(10)14(12(15)16)8-13(9-14)6-7-13/h2-5H,6-9H2,1H3,(H,15,16). The summed E-state index contributed by atoms with van der Waals surface area (Å²) < 4.78 is 0. The lowest BCUT2D eigenvalue weighted by molar-refractivity contribution is -0.150. The number of carboxylic acids is 1. The van der Waals surface area contributed by atoms with Gasteiger partial charge in [-0.15, -0.1) is 0 Å². The molecule has 0 unspecified atom stereocenters. The second kappa shape index (κ2) is 2.88. The first kappa shape index (κ1) is 9.88. The number of hydrogen-bond acceptors (Lipinski definition) is 1. The van der Waals surface area contributed by atoms with Gasteiger partial charge in [-0.1, -0.05) is 24.3 Å². The van der Waals surface area contributed by atoms with Crippen LogP contribution in [0.4, 0.5) is 0 Å². The highest BCUT2D eigenvalue weighted by atomic mass is 16.4. The summed E-state index contributed by atoms with van der Waals surface area (Å²) in [7, 11) is 0. The highest BCUT2D eigenvalue weighted by Crippen LogP contribution is 2.69. The van der Waals surface area contributed by atoms with E-state index in [0.717, 1.165) is 24.0 Å². The molecule has 0 aliphatic heterocycles. The molecule has 2 aliphatic rings. The van der Waals surface area contributed by atoms with Gasteiger partial charge in [0.15, 0.2) is 0 Å². The highest BCUT2D eigenvalue weighted by Gasteiger charge is 2.65. The average Bonchev–Trinajstić information content (AvgIpc) is 2.95. The van der Waals surface area contributed by atoms with Gasteiger partial charge < -0.3 is 5.11 Å². The van der Waals surface area contributed by atoms with Gasteiger partial charge in [-0.25, -0.2) is 0 Å². The third-order valence-corrected chi connectivity index (χ3v) is 4.38. The predicted molar refractivity (Wildman–Crippen MR) is 61.4 cm³/mol. The van der Waals surface area contributed by atoms with Crippen LogP contribution in [-0.2, 0) is 10.2 Å². The Kier molecular flexibility index (Phi) is 1.78. The van der Waals surface area contributed by atoms with E-state index < -0.39 is 11.4 Å². The maximum absolute atomic E-state index is 11.6. The zero-order valence-corrected chi connectivity index (χ0v) is 9.49. The van der Waals surface area contributed by atoms with Crippen molar-refractivity contribution in [3.63, 3.8) is 0 Å². The molecule has 1 spiro atoms. The number of benzene rings is 1.